The Morgan fingerprint density at radius 2 is 1.87 bits per heavy atom. The van der Waals surface area contributed by atoms with E-state index in [1.165, 1.54) is 22.7 Å². The van der Waals surface area contributed by atoms with E-state index in [0.717, 1.165) is 5.69 Å². The number of rotatable bonds is 5. The maximum atomic E-state index is 13.0. The molecule has 3 aromatic rings. The van der Waals surface area contributed by atoms with E-state index >= 15 is 0 Å². The summed E-state index contributed by atoms with van der Waals surface area (Å²) in [7, 11) is 0. The quantitative estimate of drug-likeness (QED) is 0.186. The van der Waals surface area contributed by atoms with E-state index in [4.69, 9.17) is 35.4 Å². The van der Waals surface area contributed by atoms with E-state index in [-0.39, 0.29) is 11.6 Å². The molecule has 10 heteroatoms. The van der Waals surface area contributed by atoms with Gasteiger partial charge in [0.25, 0.3) is 11.6 Å². The van der Waals surface area contributed by atoms with Crippen molar-refractivity contribution in [3.8, 4) is 0 Å². The predicted molar refractivity (Wildman–Crippen MR) is 129 cm³/mol. The SMILES string of the molecule is O=C1/C(=C/c2cccn2Cc2ccccc2[N+](=O)[O-])SC(=S)N1c1ccc(Cl)c(Cl)c1. The van der Waals surface area contributed by atoms with Crippen LogP contribution in [0.25, 0.3) is 6.08 Å². The van der Waals surface area contributed by atoms with Crippen LogP contribution < -0.4 is 4.90 Å². The van der Waals surface area contributed by atoms with Crippen LogP contribution in [-0.4, -0.2) is 19.7 Å². The van der Waals surface area contributed by atoms with E-state index in [1.807, 2.05) is 22.9 Å². The number of carbonyl (C=O) groups is 1. The van der Waals surface area contributed by atoms with Crippen LogP contribution in [0.5, 0.6) is 0 Å². The number of anilines is 1. The molecule has 0 atom stereocenters. The molecule has 1 saturated heterocycles. The van der Waals surface area contributed by atoms with Gasteiger partial charge in [-0.2, -0.15) is 0 Å². The van der Waals surface area contributed by atoms with Crippen molar-refractivity contribution in [1.82, 2.24) is 4.57 Å². The van der Waals surface area contributed by atoms with Crippen molar-refractivity contribution in [2.45, 2.75) is 6.54 Å². The molecule has 0 spiro atoms. The van der Waals surface area contributed by atoms with Gasteiger partial charge in [0.15, 0.2) is 4.32 Å². The first-order valence-corrected chi connectivity index (χ1v) is 10.9. The first kappa shape index (κ1) is 21.6. The first-order chi connectivity index (χ1) is 14.8. The fraction of sp³-hybridized carbons (Fsp3) is 0.0476. The van der Waals surface area contributed by atoms with E-state index in [9.17, 15) is 14.9 Å². The molecule has 2 heterocycles. The summed E-state index contributed by atoms with van der Waals surface area (Å²) in [6.45, 7) is 0.295. The van der Waals surface area contributed by atoms with Gasteiger partial charge >= 0.3 is 0 Å². The van der Waals surface area contributed by atoms with Gasteiger partial charge in [-0.15, -0.1) is 0 Å². The Bertz CT molecular complexity index is 1260. The number of aromatic nitrogens is 1. The number of hydrogen-bond acceptors (Lipinski definition) is 5. The second-order valence-corrected chi connectivity index (χ2v) is 9.05. The van der Waals surface area contributed by atoms with E-state index in [0.29, 0.717) is 37.1 Å². The summed E-state index contributed by atoms with van der Waals surface area (Å²) in [5, 5.41) is 12.0. The van der Waals surface area contributed by atoms with Crippen molar-refractivity contribution in [3.05, 3.63) is 97.1 Å². The minimum atomic E-state index is -0.402. The van der Waals surface area contributed by atoms with Crippen LogP contribution >= 0.6 is 47.2 Å². The van der Waals surface area contributed by atoms with Crippen molar-refractivity contribution in [1.29, 1.82) is 0 Å². The number of carbonyl (C=O) groups excluding carboxylic acids is 1. The Balaban J connectivity index is 1.63. The lowest BCUT2D eigenvalue weighted by Crippen LogP contribution is -2.27. The summed E-state index contributed by atoms with van der Waals surface area (Å²) in [5.74, 6) is -0.271. The molecule has 0 aliphatic carbocycles. The second kappa shape index (κ2) is 8.84. The van der Waals surface area contributed by atoms with Gasteiger partial charge in [-0.1, -0.05) is 65.4 Å². The zero-order chi connectivity index (χ0) is 22.1. The molecular weight excluding hydrogens is 477 g/mol. The Hall–Kier alpha value is -2.65. The summed E-state index contributed by atoms with van der Waals surface area (Å²) in [4.78, 5) is 25.8. The van der Waals surface area contributed by atoms with Crippen LogP contribution in [0.2, 0.25) is 10.0 Å². The Morgan fingerprint density at radius 1 is 1.10 bits per heavy atom. The van der Waals surface area contributed by atoms with Crippen molar-refractivity contribution in [2.24, 2.45) is 0 Å². The van der Waals surface area contributed by atoms with E-state index in [1.54, 1.807) is 42.5 Å². The largest absolute Gasteiger partial charge is 0.343 e. The molecule has 0 bridgehead atoms. The molecule has 31 heavy (non-hydrogen) atoms. The topological polar surface area (TPSA) is 68.4 Å². The number of hydrogen-bond donors (Lipinski definition) is 0. The molecule has 1 aliphatic heterocycles. The van der Waals surface area contributed by atoms with Crippen molar-refractivity contribution in [3.63, 3.8) is 0 Å². The van der Waals surface area contributed by atoms with Crippen LogP contribution in [0.15, 0.2) is 65.7 Å². The van der Waals surface area contributed by atoms with Gasteiger partial charge in [-0.05, 0) is 36.4 Å². The minimum Gasteiger partial charge on any atom is -0.343 e. The smallest absolute Gasteiger partial charge is 0.274 e. The van der Waals surface area contributed by atoms with Crippen molar-refractivity contribution < 1.29 is 9.72 Å². The molecule has 6 nitrogen and oxygen atoms in total. The highest BCUT2D eigenvalue weighted by atomic mass is 35.5. The summed E-state index contributed by atoms with van der Waals surface area (Å²) >= 11 is 18.6. The minimum absolute atomic E-state index is 0.0492. The van der Waals surface area contributed by atoms with Gasteiger partial charge in [0.1, 0.15) is 0 Å². The number of thiocarbonyl (C=S) groups is 1. The zero-order valence-electron chi connectivity index (χ0n) is 15.7. The molecule has 1 aliphatic rings. The fourth-order valence-electron chi connectivity index (χ4n) is 3.16. The third-order valence-corrected chi connectivity index (χ3v) is 6.67. The van der Waals surface area contributed by atoms with Crippen LogP contribution in [-0.2, 0) is 11.3 Å². The Morgan fingerprint density at radius 3 is 2.61 bits per heavy atom. The van der Waals surface area contributed by atoms with Crippen molar-refractivity contribution in [2.75, 3.05) is 4.90 Å². The van der Waals surface area contributed by atoms with Crippen LogP contribution in [0.3, 0.4) is 0 Å². The van der Waals surface area contributed by atoms with Gasteiger partial charge in [0.2, 0.25) is 0 Å². The molecule has 0 unspecified atom stereocenters. The molecular formula is C21H13Cl2N3O3S2. The normalized spacial score (nSPS) is 15.2. The number of para-hydroxylation sites is 1. The molecule has 1 aromatic heterocycles. The van der Waals surface area contributed by atoms with Gasteiger partial charge in [0, 0.05) is 23.5 Å². The van der Waals surface area contributed by atoms with Crippen molar-refractivity contribution >= 4 is 74.9 Å². The maximum absolute atomic E-state index is 13.0. The highest BCUT2D eigenvalue weighted by Gasteiger charge is 2.33. The van der Waals surface area contributed by atoms with Gasteiger partial charge in [0.05, 0.1) is 32.1 Å². The Kier molecular flexibility index (Phi) is 6.15. The number of nitrogens with zero attached hydrogens (tertiary/aromatic N) is 3. The summed E-state index contributed by atoms with van der Waals surface area (Å²) < 4.78 is 2.22. The summed E-state index contributed by atoms with van der Waals surface area (Å²) in [6, 6.07) is 15.1. The lowest BCUT2D eigenvalue weighted by molar-refractivity contribution is -0.385. The first-order valence-electron chi connectivity index (χ1n) is 8.95. The van der Waals surface area contributed by atoms with E-state index in [2.05, 4.69) is 0 Å². The third kappa shape index (κ3) is 4.38. The highest BCUT2D eigenvalue weighted by molar-refractivity contribution is 8.27. The van der Waals surface area contributed by atoms with Crippen LogP contribution in [0, 0.1) is 10.1 Å². The number of nitro groups is 1. The highest BCUT2D eigenvalue weighted by Crippen LogP contribution is 2.38. The number of amides is 1. The summed E-state index contributed by atoms with van der Waals surface area (Å²) in [5.41, 5.74) is 1.89. The molecule has 1 fully saturated rings. The number of nitro benzene ring substituents is 1. The molecule has 0 N–H and O–H groups in total. The monoisotopic (exact) mass is 489 g/mol. The predicted octanol–water partition coefficient (Wildman–Crippen LogP) is 6.16. The second-order valence-electron chi connectivity index (χ2n) is 6.56. The standard InChI is InChI=1S/C21H13Cl2N3O3S2/c22-16-8-7-15(10-17(16)23)25-20(27)19(31-21(25)30)11-14-5-3-9-24(14)12-13-4-1-2-6-18(13)26(28)29/h1-11H,12H2/b19-11-. The average Bonchev–Trinajstić information content (AvgIpc) is 3.28. The van der Waals surface area contributed by atoms with Crippen LogP contribution in [0.4, 0.5) is 11.4 Å². The molecule has 156 valence electrons. The third-order valence-electron chi connectivity index (χ3n) is 4.63. The molecule has 0 saturated carbocycles. The number of thioether (sulfide) groups is 1. The van der Waals surface area contributed by atoms with Crippen LogP contribution in [0.1, 0.15) is 11.3 Å². The zero-order valence-corrected chi connectivity index (χ0v) is 18.8. The molecule has 4 rings (SSSR count). The average molecular weight is 490 g/mol. The number of halogens is 2. The van der Waals surface area contributed by atoms with Gasteiger partial charge in [-0.3, -0.25) is 19.8 Å². The molecule has 2 aromatic carbocycles. The Labute approximate surface area is 197 Å². The van der Waals surface area contributed by atoms with E-state index < -0.39 is 4.92 Å². The summed E-state index contributed by atoms with van der Waals surface area (Å²) in [6.07, 6.45) is 3.54. The molecule has 0 radical (unpaired) electrons. The number of benzene rings is 2. The van der Waals surface area contributed by atoms with Gasteiger partial charge < -0.3 is 4.57 Å². The molecule has 1 amide bonds. The maximum Gasteiger partial charge on any atom is 0.274 e. The fourth-order valence-corrected chi connectivity index (χ4v) is 4.73. The lowest BCUT2D eigenvalue weighted by Gasteiger charge is -2.15. The lowest BCUT2D eigenvalue weighted by atomic mass is 10.2. The van der Waals surface area contributed by atoms with Gasteiger partial charge in [-0.25, -0.2) is 0 Å².